The van der Waals surface area contributed by atoms with Gasteiger partial charge in [0.25, 0.3) is 0 Å². The second kappa shape index (κ2) is 30.4. The Labute approximate surface area is 579 Å². The van der Waals surface area contributed by atoms with Gasteiger partial charge in [0.15, 0.2) is 11.6 Å². The highest BCUT2D eigenvalue weighted by atomic mass is 35.5. The predicted molar refractivity (Wildman–Crippen MR) is 385 cm³/mol. The second-order valence-corrected chi connectivity index (χ2v) is 26.0. The number of aryl methyl sites for hydroxylation is 2. The molecule has 12 rings (SSSR count). The summed E-state index contributed by atoms with van der Waals surface area (Å²) in [5.41, 5.74) is 4.82. The van der Waals surface area contributed by atoms with Gasteiger partial charge in [0.2, 0.25) is 23.0 Å². The minimum Gasteiger partial charge on any atom is -0.497 e. The molecule has 23 nitrogen and oxygen atoms in total. The number of amides is 4. The number of carbonyl (C=O) groups is 2. The van der Waals surface area contributed by atoms with E-state index in [2.05, 4.69) is 35.8 Å². The summed E-state index contributed by atoms with van der Waals surface area (Å²) >= 11 is 6.19. The summed E-state index contributed by atoms with van der Waals surface area (Å²) in [6.45, 7) is 22.7. The molecule has 24 heteroatoms. The van der Waals surface area contributed by atoms with Crippen molar-refractivity contribution in [3.63, 3.8) is 0 Å². The molecule has 510 valence electrons. The average Bonchev–Trinajstić information content (AvgIpc) is 1.66. The van der Waals surface area contributed by atoms with E-state index in [1.54, 1.807) is 71.2 Å². The van der Waals surface area contributed by atoms with Crippen LogP contribution in [0.5, 0.6) is 34.8 Å². The van der Waals surface area contributed by atoms with E-state index in [4.69, 9.17) is 59.9 Å². The first-order chi connectivity index (χ1) is 47.8. The number of nitrogens with one attached hydrogen (secondary N) is 3. The van der Waals surface area contributed by atoms with Crippen LogP contribution in [-0.2, 0) is 25.0 Å². The molecule has 0 aliphatic carbocycles. The quantitative estimate of drug-likeness (QED) is 0.0307. The molecular formula is C75H79ClN14O9. The molecule has 0 saturated carbocycles. The van der Waals surface area contributed by atoms with Crippen molar-refractivity contribution < 1.29 is 42.7 Å². The molecule has 1 aliphatic rings. The largest absolute Gasteiger partial charge is 0.497 e. The number of hydrogen-bond donors (Lipinski definition) is 3. The number of halogens is 1. The zero-order chi connectivity index (χ0) is 69.2. The highest BCUT2D eigenvalue weighted by Crippen LogP contribution is 2.40. The molecule has 1 aliphatic heterocycles. The molecule has 7 aromatic carbocycles. The lowest BCUT2D eigenvalue weighted by Crippen LogP contribution is -2.55. The van der Waals surface area contributed by atoms with E-state index in [1.807, 2.05) is 171 Å². The summed E-state index contributed by atoms with van der Waals surface area (Å²) in [4.78, 5) is 52.9. The first-order valence-corrected chi connectivity index (χ1v) is 33.0. The molecule has 0 radical (unpaired) electrons. The smallest absolute Gasteiger partial charge is 0.347 e. The molecule has 0 unspecified atom stereocenters. The van der Waals surface area contributed by atoms with Crippen LogP contribution in [0.2, 0.25) is 5.28 Å². The van der Waals surface area contributed by atoms with Crippen molar-refractivity contribution in [1.82, 2.24) is 44.4 Å². The van der Waals surface area contributed by atoms with Gasteiger partial charge in [-0.2, -0.15) is 30.2 Å². The number of methoxy groups -OCH3 is 1. The van der Waals surface area contributed by atoms with E-state index in [0.717, 1.165) is 44.0 Å². The van der Waals surface area contributed by atoms with Crippen LogP contribution in [0.3, 0.4) is 0 Å². The SMILES string of the molecule is COc1cc(Nc2nccc(Oc3ccc(NC(=O)N(c4cc(C(C)(C)C)nn4-c4ccc(C)cc4)N(C(=O)Nc4ccc(Oc5ccnc(Cl)n5)c5ccccc45)c4cc(C(C)(C)C)nn4-c4ccc(C)cc4)c4ccccc34)n2)cc(OCCOCCOCCN2CCOCC2)c1. The number of fused-ring (bicyclic) bond motifs is 2. The van der Waals surface area contributed by atoms with Crippen molar-refractivity contribution in [2.24, 2.45) is 0 Å². The summed E-state index contributed by atoms with van der Waals surface area (Å²) in [5, 5.41) is 25.4. The molecule has 1 saturated heterocycles. The fourth-order valence-corrected chi connectivity index (χ4v) is 11.1. The average molecular weight is 1360 g/mol. The number of carbonyl (C=O) groups excluding carboxylic acids is 2. The van der Waals surface area contributed by atoms with E-state index in [1.165, 1.54) is 16.2 Å². The maximum absolute atomic E-state index is 16.6. The number of morpholine rings is 1. The van der Waals surface area contributed by atoms with Gasteiger partial charge in [-0.05, 0) is 74.0 Å². The molecule has 0 spiro atoms. The normalized spacial score (nSPS) is 12.7. The van der Waals surface area contributed by atoms with Gasteiger partial charge in [0.05, 0.1) is 80.9 Å². The van der Waals surface area contributed by atoms with Crippen LogP contribution >= 0.6 is 11.6 Å². The first-order valence-electron chi connectivity index (χ1n) is 32.6. The zero-order valence-corrected chi connectivity index (χ0v) is 57.5. The Balaban J connectivity index is 0.883. The Kier molecular flexibility index (Phi) is 20.9. The molecule has 5 heterocycles. The van der Waals surface area contributed by atoms with Crippen LogP contribution in [0.4, 0.5) is 44.2 Å². The number of hydrogen-bond acceptors (Lipinski definition) is 17. The molecule has 1 fully saturated rings. The number of rotatable bonds is 23. The number of urea groups is 2. The van der Waals surface area contributed by atoms with Crippen LogP contribution in [0.1, 0.15) is 64.1 Å². The van der Waals surface area contributed by atoms with Gasteiger partial charge in [-0.15, -0.1) is 0 Å². The third kappa shape index (κ3) is 16.7. The van der Waals surface area contributed by atoms with Crippen molar-refractivity contribution in [2.45, 2.75) is 66.2 Å². The van der Waals surface area contributed by atoms with Gasteiger partial charge in [0, 0.05) is 113 Å². The summed E-state index contributed by atoms with van der Waals surface area (Å²) in [6, 6.07) is 48.4. The van der Waals surface area contributed by atoms with Gasteiger partial charge in [-0.3, -0.25) is 4.90 Å². The van der Waals surface area contributed by atoms with Crippen LogP contribution in [-0.4, -0.2) is 129 Å². The molecular weight excluding hydrogens is 1280 g/mol. The Hall–Kier alpha value is -10.7. The lowest BCUT2D eigenvalue weighted by Gasteiger charge is -2.34. The Morgan fingerprint density at radius 1 is 0.556 bits per heavy atom. The van der Waals surface area contributed by atoms with E-state index in [9.17, 15) is 0 Å². The summed E-state index contributed by atoms with van der Waals surface area (Å²) in [6.07, 6.45) is 3.09. The lowest BCUT2D eigenvalue weighted by molar-refractivity contribution is 0.00519. The minimum atomic E-state index is -0.744. The van der Waals surface area contributed by atoms with Gasteiger partial charge < -0.3 is 49.1 Å². The van der Waals surface area contributed by atoms with Crippen molar-refractivity contribution in [3.8, 4) is 46.1 Å². The van der Waals surface area contributed by atoms with Crippen molar-refractivity contribution >= 4 is 79.9 Å². The minimum absolute atomic E-state index is 0.0209. The number of aromatic nitrogens is 8. The Bertz CT molecular complexity index is 4640. The fourth-order valence-electron chi connectivity index (χ4n) is 11.0. The summed E-state index contributed by atoms with van der Waals surface area (Å²) < 4.78 is 45.0. The van der Waals surface area contributed by atoms with Crippen molar-refractivity contribution in [2.75, 3.05) is 99.0 Å². The monoisotopic (exact) mass is 1350 g/mol. The molecule has 4 aromatic heterocycles. The maximum atomic E-state index is 16.6. The number of nitrogens with zero attached hydrogens (tertiary/aromatic N) is 11. The molecule has 3 N–H and O–H groups in total. The standard InChI is InChI=1S/C75H79ClN14O9/c1-49-18-22-52(23-19-49)87-68(47-64(84-87)74(3,4)5)89(72(91)80-60-26-28-62(58-16-12-10-14-56(58)60)98-66-30-32-77-70(76)82-66)90(69-48-65(75(6,7)8)85-88(69)53-24-20-50(2)21-25-53)73(92)81-61-27-29-63(59-17-13-11-15-57(59)61)99-67-31-33-78-71(83-67)79-51-44-54(93-9)46-55(45-51)97-43-42-96-41-40-95-39-36-86-34-37-94-38-35-86/h10-33,44-48H,34-43H2,1-9H3,(H,80,91)(H,81,92)(H,78,79,83). The van der Waals surface area contributed by atoms with Gasteiger partial charge in [-0.25, -0.2) is 28.9 Å². The molecule has 11 aromatic rings. The topological polar surface area (TPSA) is 232 Å². The molecule has 4 amide bonds. The summed E-state index contributed by atoms with van der Waals surface area (Å²) in [7, 11) is 1.58. The van der Waals surface area contributed by atoms with Gasteiger partial charge >= 0.3 is 12.1 Å². The lowest BCUT2D eigenvalue weighted by atomic mass is 9.92. The van der Waals surface area contributed by atoms with Gasteiger partial charge in [-0.1, -0.05) is 125 Å². The first kappa shape index (κ1) is 68.3. The van der Waals surface area contributed by atoms with Crippen molar-refractivity contribution in [1.29, 1.82) is 0 Å². The number of anilines is 6. The zero-order valence-electron chi connectivity index (χ0n) is 56.8. The van der Waals surface area contributed by atoms with Crippen LogP contribution in [0.25, 0.3) is 32.9 Å². The second-order valence-electron chi connectivity index (χ2n) is 25.7. The predicted octanol–water partition coefficient (Wildman–Crippen LogP) is 15.6. The molecule has 0 bridgehead atoms. The highest BCUT2D eigenvalue weighted by molar-refractivity contribution is 6.28. The van der Waals surface area contributed by atoms with Crippen LogP contribution in [0, 0.1) is 13.8 Å². The number of hydrazine groups is 1. The Morgan fingerprint density at radius 2 is 1.04 bits per heavy atom. The summed E-state index contributed by atoms with van der Waals surface area (Å²) in [5.74, 6) is 3.12. The Morgan fingerprint density at radius 3 is 1.56 bits per heavy atom. The number of benzene rings is 7. The van der Waals surface area contributed by atoms with E-state index in [-0.39, 0.29) is 34.6 Å². The van der Waals surface area contributed by atoms with E-state index in [0.29, 0.717) is 117 Å². The highest BCUT2D eigenvalue weighted by Gasteiger charge is 2.39. The van der Waals surface area contributed by atoms with Crippen LogP contribution in [0.15, 0.2) is 176 Å². The third-order valence-corrected chi connectivity index (χ3v) is 16.5. The third-order valence-electron chi connectivity index (χ3n) is 16.3. The fraction of sp³-hybridized carbons (Fsp3) is 0.280. The van der Waals surface area contributed by atoms with Crippen molar-refractivity contribution in [3.05, 3.63) is 204 Å². The van der Waals surface area contributed by atoms with E-state index < -0.39 is 22.9 Å². The van der Waals surface area contributed by atoms with E-state index >= 15 is 9.59 Å². The molecule has 0 atom stereocenters. The van der Waals surface area contributed by atoms with Gasteiger partial charge in [0.1, 0.15) is 29.6 Å². The maximum Gasteiger partial charge on any atom is 0.347 e. The molecule has 99 heavy (non-hydrogen) atoms. The van der Waals surface area contributed by atoms with Crippen LogP contribution < -0.4 is 44.9 Å². The number of ether oxygens (including phenoxy) is 7.